The SMILES string of the molecule is c1ccc2c(-c3ccn(Cc4ccc(Cn5ccc(-c6c7ccccc7cc7ccccc67)n5)cc4)n3)c3ccccc3cc2c1. The van der Waals surface area contributed by atoms with Crippen LogP contribution in [0.25, 0.3) is 65.6 Å². The molecule has 0 unspecified atom stereocenters. The average Bonchev–Trinajstić information content (AvgIpc) is 3.76. The largest absolute Gasteiger partial charge is 0.268 e. The molecule has 218 valence electrons. The van der Waals surface area contributed by atoms with Crippen LogP contribution in [0.15, 0.2) is 158 Å². The van der Waals surface area contributed by atoms with E-state index in [1.807, 2.05) is 9.36 Å². The van der Waals surface area contributed by atoms with Crippen LogP contribution in [-0.4, -0.2) is 19.6 Å². The van der Waals surface area contributed by atoms with Gasteiger partial charge in [0.1, 0.15) is 0 Å². The lowest BCUT2D eigenvalue weighted by Gasteiger charge is -2.10. The molecule has 0 saturated heterocycles. The van der Waals surface area contributed by atoms with Crippen LogP contribution < -0.4 is 0 Å². The van der Waals surface area contributed by atoms with E-state index >= 15 is 0 Å². The van der Waals surface area contributed by atoms with Crippen molar-refractivity contribution in [1.82, 2.24) is 19.6 Å². The fourth-order valence-electron chi connectivity index (χ4n) is 6.87. The van der Waals surface area contributed by atoms with Crippen molar-refractivity contribution >= 4 is 43.1 Å². The van der Waals surface area contributed by atoms with Crippen LogP contribution in [0, 0.1) is 0 Å². The molecule has 0 amide bonds. The fraction of sp³-hybridized carbons (Fsp3) is 0.0476. The Hall–Kier alpha value is -6.00. The van der Waals surface area contributed by atoms with E-state index in [2.05, 4.69) is 158 Å². The molecule has 9 rings (SSSR count). The zero-order valence-corrected chi connectivity index (χ0v) is 25.2. The minimum atomic E-state index is 0.711. The van der Waals surface area contributed by atoms with Gasteiger partial charge in [-0.05, 0) is 78.5 Å². The summed E-state index contributed by atoms with van der Waals surface area (Å²) in [5, 5.41) is 19.9. The van der Waals surface area contributed by atoms with E-state index in [1.54, 1.807) is 0 Å². The van der Waals surface area contributed by atoms with Crippen molar-refractivity contribution in [2.75, 3.05) is 0 Å². The maximum absolute atomic E-state index is 5.04. The first-order valence-electron chi connectivity index (χ1n) is 15.7. The monoisotopic (exact) mass is 590 g/mol. The molecular formula is C42H30N4. The highest BCUT2D eigenvalue weighted by molar-refractivity contribution is 6.13. The molecule has 0 bridgehead atoms. The molecule has 0 aliphatic rings. The summed E-state index contributed by atoms with van der Waals surface area (Å²) in [4.78, 5) is 0. The van der Waals surface area contributed by atoms with E-state index in [0.717, 1.165) is 11.4 Å². The second kappa shape index (κ2) is 10.9. The summed E-state index contributed by atoms with van der Waals surface area (Å²) in [5.41, 5.74) is 6.81. The Kier molecular flexibility index (Phi) is 6.24. The maximum atomic E-state index is 5.04. The fourth-order valence-corrected chi connectivity index (χ4v) is 6.87. The summed E-state index contributed by atoms with van der Waals surface area (Å²) in [6.45, 7) is 1.42. The lowest BCUT2D eigenvalue weighted by atomic mass is 9.95. The highest BCUT2D eigenvalue weighted by atomic mass is 15.3. The molecular weight excluding hydrogens is 560 g/mol. The Morgan fingerprint density at radius 1 is 0.370 bits per heavy atom. The van der Waals surface area contributed by atoms with E-state index in [4.69, 9.17) is 10.2 Å². The lowest BCUT2D eigenvalue weighted by molar-refractivity contribution is 0.681. The highest BCUT2D eigenvalue weighted by Crippen LogP contribution is 2.37. The van der Waals surface area contributed by atoms with Crippen molar-refractivity contribution in [3.05, 3.63) is 169 Å². The Labute approximate surface area is 266 Å². The van der Waals surface area contributed by atoms with Crippen LogP contribution >= 0.6 is 0 Å². The number of fused-ring (bicyclic) bond motifs is 4. The number of benzene rings is 7. The Bertz CT molecular complexity index is 2250. The number of rotatable bonds is 6. The first kappa shape index (κ1) is 26.4. The molecule has 4 nitrogen and oxygen atoms in total. The van der Waals surface area contributed by atoms with Gasteiger partial charge in [0, 0.05) is 23.5 Å². The van der Waals surface area contributed by atoms with Crippen LogP contribution in [0.1, 0.15) is 11.1 Å². The van der Waals surface area contributed by atoms with Crippen LogP contribution in [0.4, 0.5) is 0 Å². The summed E-state index contributed by atoms with van der Waals surface area (Å²) in [5.74, 6) is 0. The van der Waals surface area contributed by atoms with Crippen LogP contribution in [0.3, 0.4) is 0 Å². The molecule has 0 N–H and O–H groups in total. The van der Waals surface area contributed by atoms with Crippen molar-refractivity contribution in [3.63, 3.8) is 0 Å². The smallest absolute Gasteiger partial charge is 0.0935 e. The van der Waals surface area contributed by atoms with Gasteiger partial charge in [-0.3, -0.25) is 9.36 Å². The third-order valence-electron chi connectivity index (χ3n) is 9.05. The zero-order valence-electron chi connectivity index (χ0n) is 25.2. The van der Waals surface area contributed by atoms with Gasteiger partial charge in [0.05, 0.1) is 24.5 Å². The van der Waals surface area contributed by atoms with E-state index < -0.39 is 0 Å². The normalized spacial score (nSPS) is 11.7. The summed E-state index contributed by atoms with van der Waals surface area (Å²) in [6, 6.07) is 51.9. The second-order valence-corrected chi connectivity index (χ2v) is 12.0. The van der Waals surface area contributed by atoms with E-state index in [1.165, 1.54) is 65.3 Å². The third kappa shape index (κ3) is 4.63. The van der Waals surface area contributed by atoms with E-state index in [-0.39, 0.29) is 0 Å². The van der Waals surface area contributed by atoms with Crippen molar-refractivity contribution in [1.29, 1.82) is 0 Å². The van der Waals surface area contributed by atoms with Gasteiger partial charge < -0.3 is 0 Å². The van der Waals surface area contributed by atoms with Gasteiger partial charge in [0.2, 0.25) is 0 Å². The molecule has 4 heteroatoms. The molecule has 46 heavy (non-hydrogen) atoms. The standard InChI is InChI=1S/C42H30N4/c1-5-13-35-31(9-1)25-32-10-2-6-14-36(32)41(35)39-21-23-45(43-39)27-29-17-19-30(20-18-29)28-46-24-22-40(44-46)42-37-15-7-3-11-33(37)26-34-12-4-8-16-38(34)42/h1-26H,27-28H2. The molecule has 0 fully saturated rings. The van der Waals surface area contributed by atoms with Gasteiger partial charge in [0.15, 0.2) is 0 Å². The summed E-state index contributed by atoms with van der Waals surface area (Å²) in [6.07, 6.45) is 4.17. The summed E-state index contributed by atoms with van der Waals surface area (Å²) < 4.78 is 4.07. The van der Waals surface area contributed by atoms with Gasteiger partial charge in [0.25, 0.3) is 0 Å². The first-order valence-corrected chi connectivity index (χ1v) is 15.7. The molecule has 0 radical (unpaired) electrons. The van der Waals surface area contributed by atoms with Gasteiger partial charge >= 0.3 is 0 Å². The number of nitrogens with zero attached hydrogens (tertiary/aromatic N) is 4. The molecule has 0 aliphatic heterocycles. The minimum absolute atomic E-state index is 0.711. The average molecular weight is 591 g/mol. The zero-order chi connectivity index (χ0) is 30.5. The molecule has 7 aromatic carbocycles. The van der Waals surface area contributed by atoms with Crippen LogP contribution in [-0.2, 0) is 13.1 Å². The van der Waals surface area contributed by atoms with Gasteiger partial charge in [-0.15, -0.1) is 0 Å². The molecule has 2 heterocycles. The first-order chi connectivity index (χ1) is 22.8. The molecule has 0 saturated carbocycles. The molecule has 2 aromatic heterocycles. The highest BCUT2D eigenvalue weighted by Gasteiger charge is 2.14. The predicted octanol–water partition coefficient (Wildman–Crippen LogP) is 10.1. The predicted molar refractivity (Wildman–Crippen MR) is 190 cm³/mol. The van der Waals surface area contributed by atoms with Crippen molar-refractivity contribution in [3.8, 4) is 22.5 Å². The molecule has 9 aromatic rings. The topological polar surface area (TPSA) is 35.6 Å². The van der Waals surface area contributed by atoms with Gasteiger partial charge in [-0.1, -0.05) is 121 Å². The molecule has 0 spiro atoms. The van der Waals surface area contributed by atoms with Crippen LogP contribution in [0.5, 0.6) is 0 Å². The summed E-state index contributed by atoms with van der Waals surface area (Å²) >= 11 is 0. The van der Waals surface area contributed by atoms with E-state index in [9.17, 15) is 0 Å². The molecule has 0 aliphatic carbocycles. The maximum Gasteiger partial charge on any atom is 0.0935 e. The van der Waals surface area contributed by atoms with Gasteiger partial charge in [-0.25, -0.2) is 0 Å². The second-order valence-electron chi connectivity index (χ2n) is 12.0. The summed E-state index contributed by atoms with van der Waals surface area (Å²) in [7, 11) is 0. The minimum Gasteiger partial charge on any atom is -0.268 e. The molecule has 0 atom stereocenters. The number of hydrogen-bond donors (Lipinski definition) is 0. The van der Waals surface area contributed by atoms with Crippen molar-refractivity contribution < 1.29 is 0 Å². The van der Waals surface area contributed by atoms with Crippen molar-refractivity contribution in [2.45, 2.75) is 13.1 Å². The number of aromatic nitrogens is 4. The Balaban J connectivity index is 0.967. The third-order valence-corrected chi connectivity index (χ3v) is 9.05. The number of hydrogen-bond acceptors (Lipinski definition) is 2. The van der Waals surface area contributed by atoms with E-state index in [0.29, 0.717) is 13.1 Å². The Morgan fingerprint density at radius 2 is 0.696 bits per heavy atom. The van der Waals surface area contributed by atoms with Gasteiger partial charge in [-0.2, -0.15) is 10.2 Å². The van der Waals surface area contributed by atoms with Crippen LogP contribution in [0.2, 0.25) is 0 Å². The van der Waals surface area contributed by atoms with Crippen molar-refractivity contribution in [2.24, 2.45) is 0 Å². The Morgan fingerprint density at radius 3 is 1.04 bits per heavy atom. The quantitative estimate of drug-likeness (QED) is 0.181. The lowest BCUT2D eigenvalue weighted by Crippen LogP contribution is -2.03.